The Kier molecular flexibility index (Phi) is 2.91. The number of alkyl halides is 1. The smallest absolute Gasteiger partial charge is 0.201 e. The molecule has 0 bridgehead atoms. The van der Waals surface area contributed by atoms with Crippen LogP contribution in [0.1, 0.15) is 5.69 Å². The Morgan fingerprint density at radius 3 is 2.73 bits per heavy atom. The molecule has 0 saturated carbocycles. The van der Waals surface area contributed by atoms with Gasteiger partial charge in [0.25, 0.3) is 0 Å². The molecule has 0 aliphatic heterocycles. The lowest BCUT2D eigenvalue weighted by Crippen LogP contribution is -2.02. The van der Waals surface area contributed by atoms with Crippen LogP contribution < -0.4 is 0 Å². The maximum atomic E-state index is 6.16. The average molecular weight is 339 g/mol. The maximum Gasteiger partial charge on any atom is 0.201 e. The van der Waals surface area contributed by atoms with Crippen molar-refractivity contribution in [3.63, 3.8) is 0 Å². The first-order chi connectivity index (χ1) is 7.15. The summed E-state index contributed by atoms with van der Waals surface area (Å²) in [5.74, 6) is 0.622. The second-order valence-corrected chi connectivity index (χ2v) is 4.05. The van der Waals surface area contributed by atoms with E-state index in [1.807, 2.05) is 6.92 Å². The Balaban J connectivity index is 2.66. The van der Waals surface area contributed by atoms with E-state index in [0.29, 0.717) is 15.4 Å². The van der Waals surface area contributed by atoms with Crippen LogP contribution in [0.25, 0.3) is 11.5 Å². The first-order valence-electron chi connectivity index (χ1n) is 4.16. The van der Waals surface area contributed by atoms with Gasteiger partial charge in [-0.15, -0.1) is 5.10 Å². The Hall–Kier alpha value is -0.700. The molecule has 0 N–H and O–H groups in total. The number of aromatic nitrogens is 6. The second-order valence-electron chi connectivity index (χ2n) is 2.99. The third kappa shape index (κ3) is 1.73. The molecular weight excluding hydrogens is 330 g/mol. The fraction of sp³-hybridized carbons (Fsp3) is 0.429. The molecule has 0 spiro atoms. The topological polar surface area (TPSA) is 61.4 Å². The molecule has 8 heteroatoms. The number of halogens is 2. The highest BCUT2D eigenvalue weighted by atomic mass is 127. The summed E-state index contributed by atoms with van der Waals surface area (Å²) in [6, 6.07) is 0. The Morgan fingerprint density at radius 2 is 2.20 bits per heavy atom. The van der Waals surface area contributed by atoms with Crippen molar-refractivity contribution in [1.29, 1.82) is 0 Å². The van der Waals surface area contributed by atoms with Crippen LogP contribution in [-0.2, 0) is 11.6 Å². The average Bonchev–Trinajstić information content (AvgIpc) is 2.73. The molecule has 0 fully saturated rings. The fourth-order valence-corrected chi connectivity index (χ4v) is 2.00. The van der Waals surface area contributed by atoms with Gasteiger partial charge in [-0.2, -0.15) is 5.10 Å². The molecule has 6 nitrogen and oxygen atoms in total. The predicted molar refractivity (Wildman–Crippen MR) is 63.8 cm³/mol. The van der Waals surface area contributed by atoms with Gasteiger partial charge in [0, 0.05) is 7.05 Å². The number of hydrogen-bond acceptors (Lipinski definition) is 4. The van der Waals surface area contributed by atoms with Crippen molar-refractivity contribution in [2.45, 2.75) is 11.5 Å². The summed E-state index contributed by atoms with van der Waals surface area (Å²) < 4.78 is 4.06. The van der Waals surface area contributed by atoms with Crippen LogP contribution in [0.3, 0.4) is 0 Å². The zero-order valence-electron chi connectivity index (χ0n) is 8.15. The number of hydrogen-bond donors (Lipinski definition) is 0. The first-order valence-corrected chi connectivity index (χ1v) is 6.07. The standard InChI is InChI=1S/C7H8ClIN6/c1-4-5(8)6(15(3-9)11-4)7-10-12-13-14(7)2/h3H2,1-2H3. The minimum atomic E-state index is 0.601. The highest BCUT2D eigenvalue weighted by molar-refractivity contribution is 14.1. The van der Waals surface area contributed by atoms with Gasteiger partial charge >= 0.3 is 0 Å². The normalized spacial score (nSPS) is 10.9. The van der Waals surface area contributed by atoms with E-state index < -0.39 is 0 Å². The van der Waals surface area contributed by atoms with Crippen molar-refractivity contribution in [3.05, 3.63) is 10.7 Å². The summed E-state index contributed by atoms with van der Waals surface area (Å²) in [5.41, 5.74) is 1.54. The molecule has 2 heterocycles. The lowest BCUT2D eigenvalue weighted by atomic mass is 10.3. The van der Waals surface area contributed by atoms with E-state index >= 15 is 0 Å². The number of aryl methyl sites for hydroxylation is 2. The SMILES string of the molecule is Cc1nn(CI)c(-c2nnnn2C)c1Cl. The molecule has 2 aromatic rings. The quantitative estimate of drug-likeness (QED) is 0.614. The molecule has 0 aromatic carbocycles. The highest BCUT2D eigenvalue weighted by Crippen LogP contribution is 2.28. The van der Waals surface area contributed by atoms with E-state index in [1.54, 1.807) is 16.4 Å². The molecule has 0 atom stereocenters. The van der Waals surface area contributed by atoms with Gasteiger partial charge in [-0.1, -0.05) is 34.2 Å². The van der Waals surface area contributed by atoms with Crippen molar-refractivity contribution in [2.24, 2.45) is 7.05 Å². The fourth-order valence-electron chi connectivity index (χ4n) is 1.29. The summed E-state index contributed by atoms with van der Waals surface area (Å²) >= 11 is 8.37. The van der Waals surface area contributed by atoms with Gasteiger partial charge in [0.2, 0.25) is 5.82 Å². The molecule has 2 aromatic heterocycles. The van der Waals surface area contributed by atoms with Crippen LogP contribution in [0.4, 0.5) is 0 Å². The summed E-state index contributed by atoms with van der Waals surface area (Å²) in [6.07, 6.45) is 0. The van der Waals surface area contributed by atoms with E-state index in [4.69, 9.17) is 11.6 Å². The largest absolute Gasteiger partial charge is 0.250 e. The predicted octanol–water partition coefficient (Wildman–Crippen LogP) is 1.43. The molecule has 0 aliphatic rings. The second kappa shape index (κ2) is 4.05. The third-order valence-electron chi connectivity index (χ3n) is 2.00. The van der Waals surface area contributed by atoms with Crippen LogP contribution in [0, 0.1) is 6.92 Å². The third-order valence-corrected chi connectivity index (χ3v) is 3.10. The van der Waals surface area contributed by atoms with Crippen LogP contribution in [0.2, 0.25) is 5.02 Å². The van der Waals surface area contributed by atoms with E-state index in [1.165, 1.54) is 0 Å². The van der Waals surface area contributed by atoms with Gasteiger partial charge in [-0.05, 0) is 17.4 Å². The molecule has 0 radical (unpaired) electrons. The molecule has 0 aliphatic carbocycles. The minimum Gasteiger partial charge on any atom is -0.250 e. The van der Waals surface area contributed by atoms with E-state index in [9.17, 15) is 0 Å². The van der Waals surface area contributed by atoms with Crippen LogP contribution >= 0.6 is 34.2 Å². The molecule has 0 unspecified atom stereocenters. The summed E-state index contributed by atoms with van der Waals surface area (Å²) in [5, 5.41) is 16.2. The molecule has 0 saturated heterocycles. The minimum absolute atomic E-state index is 0.601. The van der Waals surface area contributed by atoms with Gasteiger partial charge in [-0.3, -0.25) is 0 Å². The maximum absolute atomic E-state index is 6.16. The van der Waals surface area contributed by atoms with Crippen molar-refractivity contribution >= 4 is 34.2 Å². The highest BCUT2D eigenvalue weighted by Gasteiger charge is 2.19. The first kappa shape index (κ1) is 10.8. The van der Waals surface area contributed by atoms with Gasteiger partial charge < -0.3 is 0 Å². The van der Waals surface area contributed by atoms with Crippen LogP contribution in [0.5, 0.6) is 0 Å². The van der Waals surface area contributed by atoms with Crippen LogP contribution in [-0.4, -0.2) is 30.0 Å². The monoisotopic (exact) mass is 338 g/mol. The zero-order chi connectivity index (χ0) is 11.0. The van der Waals surface area contributed by atoms with Crippen molar-refractivity contribution in [3.8, 4) is 11.5 Å². The summed E-state index contributed by atoms with van der Waals surface area (Å²) in [4.78, 5) is 0. The zero-order valence-corrected chi connectivity index (χ0v) is 11.1. The molecule has 0 amide bonds. The molecular formula is C7H8ClIN6. The van der Waals surface area contributed by atoms with Gasteiger partial charge in [-0.25, -0.2) is 9.36 Å². The number of nitrogens with zero attached hydrogens (tertiary/aromatic N) is 6. The number of rotatable bonds is 2. The Morgan fingerprint density at radius 1 is 1.47 bits per heavy atom. The van der Waals surface area contributed by atoms with E-state index in [-0.39, 0.29) is 0 Å². The molecule has 2 rings (SSSR count). The Bertz CT molecular complexity index is 490. The van der Waals surface area contributed by atoms with Crippen molar-refractivity contribution in [1.82, 2.24) is 30.0 Å². The summed E-state index contributed by atoms with van der Waals surface area (Å²) in [7, 11) is 1.77. The van der Waals surface area contributed by atoms with Crippen molar-refractivity contribution < 1.29 is 0 Å². The molecule has 80 valence electrons. The van der Waals surface area contributed by atoms with E-state index in [0.717, 1.165) is 11.4 Å². The van der Waals surface area contributed by atoms with E-state index in [2.05, 4.69) is 43.2 Å². The lowest BCUT2D eigenvalue weighted by Gasteiger charge is -2.01. The lowest BCUT2D eigenvalue weighted by molar-refractivity contribution is 0.703. The van der Waals surface area contributed by atoms with Crippen molar-refractivity contribution in [2.75, 3.05) is 0 Å². The Labute approximate surface area is 105 Å². The summed E-state index contributed by atoms with van der Waals surface area (Å²) in [6.45, 7) is 1.86. The molecule has 15 heavy (non-hydrogen) atoms. The van der Waals surface area contributed by atoms with Crippen LogP contribution in [0.15, 0.2) is 0 Å². The number of tetrazole rings is 1. The van der Waals surface area contributed by atoms with Gasteiger partial charge in [0.05, 0.1) is 15.3 Å². The van der Waals surface area contributed by atoms with Gasteiger partial charge in [0.1, 0.15) is 5.69 Å². The van der Waals surface area contributed by atoms with Gasteiger partial charge in [0.15, 0.2) is 0 Å².